The smallest absolute Gasteiger partial charge is 0.255 e. The van der Waals surface area contributed by atoms with E-state index < -0.39 is 0 Å². The van der Waals surface area contributed by atoms with E-state index in [0.29, 0.717) is 17.8 Å². The van der Waals surface area contributed by atoms with Gasteiger partial charge in [-0.15, -0.1) is 0 Å². The van der Waals surface area contributed by atoms with Gasteiger partial charge < -0.3 is 11.1 Å². The van der Waals surface area contributed by atoms with Crippen molar-refractivity contribution in [2.45, 2.75) is 6.54 Å². The molecule has 2 rings (SSSR count). The maximum absolute atomic E-state index is 12.7. The molecule has 18 heavy (non-hydrogen) atoms. The minimum Gasteiger partial charge on any atom is -0.326 e. The molecule has 0 aliphatic carbocycles. The summed E-state index contributed by atoms with van der Waals surface area (Å²) in [5.41, 5.74) is 7.43. The number of anilines is 1. The van der Waals surface area contributed by atoms with Gasteiger partial charge in [-0.25, -0.2) is 4.39 Å². The third kappa shape index (κ3) is 2.73. The van der Waals surface area contributed by atoms with Gasteiger partial charge in [0.1, 0.15) is 5.82 Å². The van der Waals surface area contributed by atoms with Crippen LogP contribution in [0.3, 0.4) is 0 Å². The normalized spacial score (nSPS) is 10.1. The summed E-state index contributed by atoms with van der Waals surface area (Å²) in [7, 11) is 0. The van der Waals surface area contributed by atoms with Crippen molar-refractivity contribution in [3.63, 3.8) is 0 Å². The predicted octanol–water partition coefficient (Wildman–Crippen LogP) is 2.54. The molecule has 0 saturated heterocycles. The topological polar surface area (TPSA) is 55.1 Å². The van der Waals surface area contributed by atoms with E-state index in [1.54, 1.807) is 18.2 Å². The molecule has 0 aliphatic heterocycles. The van der Waals surface area contributed by atoms with Gasteiger partial charge in [-0.2, -0.15) is 0 Å². The van der Waals surface area contributed by atoms with Gasteiger partial charge in [-0.3, -0.25) is 4.79 Å². The number of hydrogen-bond acceptors (Lipinski definition) is 2. The molecule has 0 fully saturated rings. The van der Waals surface area contributed by atoms with Crippen molar-refractivity contribution in [1.82, 2.24) is 0 Å². The molecule has 0 heterocycles. The van der Waals surface area contributed by atoms with Gasteiger partial charge >= 0.3 is 0 Å². The summed E-state index contributed by atoms with van der Waals surface area (Å²) in [6, 6.07) is 12.7. The Bertz CT molecular complexity index is 552. The fraction of sp³-hybridized carbons (Fsp3) is 0.0714. The Hall–Kier alpha value is -2.20. The molecule has 0 radical (unpaired) electrons. The summed E-state index contributed by atoms with van der Waals surface area (Å²) in [5.74, 6) is -0.585. The second kappa shape index (κ2) is 5.42. The molecule has 4 heteroatoms. The van der Waals surface area contributed by atoms with E-state index in [-0.39, 0.29) is 11.7 Å². The molecule has 0 bridgehead atoms. The van der Waals surface area contributed by atoms with Gasteiger partial charge in [0.05, 0.1) is 0 Å². The largest absolute Gasteiger partial charge is 0.326 e. The molecule has 1 amide bonds. The summed E-state index contributed by atoms with van der Waals surface area (Å²) >= 11 is 0. The Kier molecular flexibility index (Phi) is 3.69. The van der Waals surface area contributed by atoms with Gasteiger partial charge in [0.15, 0.2) is 0 Å². The van der Waals surface area contributed by atoms with Crippen LogP contribution in [0.25, 0.3) is 0 Å². The van der Waals surface area contributed by atoms with Gasteiger partial charge in [0.2, 0.25) is 0 Å². The van der Waals surface area contributed by atoms with Crippen LogP contribution in [0.4, 0.5) is 10.1 Å². The highest BCUT2D eigenvalue weighted by molar-refractivity contribution is 6.05. The van der Waals surface area contributed by atoms with E-state index in [4.69, 9.17) is 5.73 Å². The van der Waals surface area contributed by atoms with E-state index in [0.717, 1.165) is 5.56 Å². The third-order valence-corrected chi connectivity index (χ3v) is 2.58. The lowest BCUT2D eigenvalue weighted by Crippen LogP contribution is -2.15. The average Bonchev–Trinajstić information content (AvgIpc) is 2.41. The van der Waals surface area contributed by atoms with Crippen LogP contribution in [0.1, 0.15) is 15.9 Å². The van der Waals surface area contributed by atoms with Crippen molar-refractivity contribution < 1.29 is 9.18 Å². The summed E-state index contributed by atoms with van der Waals surface area (Å²) in [6.07, 6.45) is 0. The van der Waals surface area contributed by atoms with Crippen molar-refractivity contribution in [1.29, 1.82) is 0 Å². The van der Waals surface area contributed by atoms with Crippen LogP contribution in [0.15, 0.2) is 48.5 Å². The molecule has 0 unspecified atom stereocenters. The van der Waals surface area contributed by atoms with Gasteiger partial charge in [0, 0.05) is 17.8 Å². The Morgan fingerprint density at radius 1 is 1.11 bits per heavy atom. The van der Waals surface area contributed by atoms with E-state index >= 15 is 0 Å². The molecule has 2 aromatic carbocycles. The zero-order chi connectivity index (χ0) is 13.0. The Morgan fingerprint density at radius 2 is 1.78 bits per heavy atom. The van der Waals surface area contributed by atoms with Crippen LogP contribution in [-0.4, -0.2) is 5.91 Å². The first-order chi connectivity index (χ1) is 8.70. The maximum atomic E-state index is 12.7. The highest BCUT2D eigenvalue weighted by Crippen LogP contribution is 2.13. The van der Waals surface area contributed by atoms with Crippen molar-refractivity contribution in [2.24, 2.45) is 5.73 Å². The molecule has 2 aromatic rings. The van der Waals surface area contributed by atoms with E-state index in [1.807, 2.05) is 6.07 Å². The van der Waals surface area contributed by atoms with Crippen LogP contribution in [-0.2, 0) is 6.54 Å². The lowest BCUT2D eigenvalue weighted by atomic mass is 10.1. The van der Waals surface area contributed by atoms with Crippen LogP contribution < -0.4 is 11.1 Å². The Labute approximate surface area is 104 Å². The molecule has 0 aliphatic rings. The van der Waals surface area contributed by atoms with Crippen molar-refractivity contribution in [3.8, 4) is 0 Å². The fourth-order valence-electron chi connectivity index (χ4n) is 1.65. The molecule has 0 atom stereocenters. The Morgan fingerprint density at radius 3 is 2.44 bits per heavy atom. The summed E-state index contributed by atoms with van der Waals surface area (Å²) in [6.45, 7) is 0.299. The molecular weight excluding hydrogens is 231 g/mol. The summed E-state index contributed by atoms with van der Waals surface area (Å²) in [4.78, 5) is 12.0. The molecule has 3 N–H and O–H groups in total. The molecule has 92 valence electrons. The maximum Gasteiger partial charge on any atom is 0.255 e. The van der Waals surface area contributed by atoms with Crippen molar-refractivity contribution >= 4 is 11.6 Å². The van der Waals surface area contributed by atoms with Gasteiger partial charge in [-0.1, -0.05) is 18.2 Å². The van der Waals surface area contributed by atoms with Crippen LogP contribution >= 0.6 is 0 Å². The molecule has 0 spiro atoms. The van der Waals surface area contributed by atoms with Crippen molar-refractivity contribution in [3.05, 3.63) is 65.5 Å². The SMILES string of the molecule is NCc1ccccc1C(=O)Nc1ccc(F)cc1. The quantitative estimate of drug-likeness (QED) is 0.871. The lowest BCUT2D eigenvalue weighted by molar-refractivity contribution is 0.102. The standard InChI is InChI=1S/C14H13FN2O/c15-11-5-7-12(8-6-11)17-14(18)13-4-2-1-3-10(13)9-16/h1-8H,9,16H2,(H,17,18). The number of halogens is 1. The van der Waals surface area contributed by atoms with Crippen LogP contribution in [0, 0.1) is 5.82 Å². The molecule has 0 aromatic heterocycles. The zero-order valence-corrected chi connectivity index (χ0v) is 9.69. The first kappa shape index (κ1) is 12.3. The fourth-order valence-corrected chi connectivity index (χ4v) is 1.65. The third-order valence-electron chi connectivity index (χ3n) is 2.58. The monoisotopic (exact) mass is 244 g/mol. The minimum atomic E-state index is -0.338. The number of carbonyl (C=O) groups is 1. The highest BCUT2D eigenvalue weighted by atomic mass is 19.1. The highest BCUT2D eigenvalue weighted by Gasteiger charge is 2.09. The van der Waals surface area contributed by atoms with Crippen molar-refractivity contribution in [2.75, 3.05) is 5.32 Å². The number of amides is 1. The Balaban J connectivity index is 2.19. The first-order valence-corrected chi connectivity index (χ1v) is 5.55. The minimum absolute atomic E-state index is 0.248. The van der Waals surface area contributed by atoms with Crippen LogP contribution in [0.2, 0.25) is 0 Å². The lowest BCUT2D eigenvalue weighted by Gasteiger charge is -2.08. The number of benzene rings is 2. The number of hydrogen-bond donors (Lipinski definition) is 2. The number of nitrogens with two attached hydrogens (primary N) is 1. The van der Waals surface area contributed by atoms with Gasteiger partial charge in [-0.05, 0) is 35.9 Å². The average molecular weight is 244 g/mol. The second-order valence-corrected chi connectivity index (χ2v) is 3.82. The zero-order valence-electron chi connectivity index (χ0n) is 9.69. The summed E-state index contributed by atoms with van der Waals surface area (Å²) in [5, 5.41) is 2.70. The van der Waals surface area contributed by atoms with E-state index in [9.17, 15) is 9.18 Å². The summed E-state index contributed by atoms with van der Waals surface area (Å²) < 4.78 is 12.7. The molecule has 3 nitrogen and oxygen atoms in total. The number of rotatable bonds is 3. The van der Waals surface area contributed by atoms with Crippen LogP contribution in [0.5, 0.6) is 0 Å². The first-order valence-electron chi connectivity index (χ1n) is 5.55. The molecular formula is C14H13FN2O. The van der Waals surface area contributed by atoms with E-state index in [2.05, 4.69) is 5.32 Å². The van der Waals surface area contributed by atoms with Gasteiger partial charge in [0.25, 0.3) is 5.91 Å². The second-order valence-electron chi connectivity index (χ2n) is 3.82. The van der Waals surface area contributed by atoms with E-state index in [1.165, 1.54) is 24.3 Å². The number of nitrogens with one attached hydrogen (secondary N) is 1. The predicted molar refractivity (Wildman–Crippen MR) is 68.7 cm³/mol. The number of carbonyl (C=O) groups excluding carboxylic acids is 1. The molecule has 0 saturated carbocycles.